The van der Waals surface area contributed by atoms with E-state index in [2.05, 4.69) is 12.1 Å². The Kier molecular flexibility index (Phi) is 7.02. The molecule has 0 saturated heterocycles. The second kappa shape index (κ2) is 10.1. The monoisotopic (exact) mass is 397 g/mol. The molecule has 0 aromatic heterocycles. The van der Waals surface area contributed by atoms with Crippen LogP contribution in [0.25, 0.3) is 6.08 Å². The summed E-state index contributed by atoms with van der Waals surface area (Å²) in [6.07, 6.45) is 6.54. The van der Waals surface area contributed by atoms with Crippen molar-refractivity contribution >= 4 is 12.0 Å². The van der Waals surface area contributed by atoms with Crippen LogP contribution in [0.1, 0.15) is 39.0 Å². The van der Waals surface area contributed by atoms with Crippen LogP contribution < -0.4 is 0 Å². The zero-order valence-corrected chi connectivity index (χ0v) is 16.5. The van der Waals surface area contributed by atoms with Gasteiger partial charge in [-0.05, 0) is 66.6 Å². The molecule has 4 nitrogen and oxygen atoms in total. The number of rotatable bonds is 8. The summed E-state index contributed by atoms with van der Waals surface area (Å²) in [7, 11) is 0. The number of nitriles is 1. The first-order chi connectivity index (χ1) is 14.5. The van der Waals surface area contributed by atoms with Gasteiger partial charge in [-0.1, -0.05) is 54.6 Å². The van der Waals surface area contributed by atoms with Crippen LogP contribution >= 0.6 is 0 Å². The fourth-order valence-corrected chi connectivity index (χ4v) is 3.32. The molecule has 3 rings (SSSR count). The van der Waals surface area contributed by atoms with Crippen molar-refractivity contribution in [1.29, 1.82) is 5.26 Å². The number of carboxylic acid groups (broad SMARTS) is 1. The topological polar surface area (TPSA) is 81.3 Å². The van der Waals surface area contributed by atoms with Crippen LogP contribution in [0.3, 0.4) is 0 Å². The normalized spacial score (nSPS) is 11.8. The number of aromatic carboxylic acids is 1. The third-order valence-electron chi connectivity index (χ3n) is 5.07. The predicted molar refractivity (Wildman–Crippen MR) is 117 cm³/mol. The number of hydrogen-bond donors (Lipinski definition) is 2. The summed E-state index contributed by atoms with van der Waals surface area (Å²) in [5.41, 5.74) is 3.92. The lowest BCUT2D eigenvalue weighted by atomic mass is 9.91. The molecular formula is C26H23NO3. The molecule has 0 heterocycles. The average molecular weight is 397 g/mol. The number of aromatic hydroxyl groups is 1. The molecule has 30 heavy (non-hydrogen) atoms. The third-order valence-corrected chi connectivity index (χ3v) is 5.07. The lowest BCUT2D eigenvalue weighted by Crippen LogP contribution is -2.04. The molecule has 4 heteroatoms. The number of nitrogens with zero attached hydrogens (tertiary/aromatic N) is 1. The minimum Gasteiger partial charge on any atom is -0.507 e. The van der Waals surface area contributed by atoms with Crippen LogP contribution in [0.5, 0.6) is 5.75 Å². The van der Waals surface area contributed by atoms with Gasteiger partial charge in [0.1, 0.15) is 5.75 Å². The van der Waals surface area contributed by atoms with Crippen LogP contribution in [-0.4, -0.2) is 16.2 Å². The van der Waals surface area contributed by atoms with E-state index in [0.29, 0.717) is 5.56 Å². The Hall–Kier alpha value is -3.84. The van der Waals surface area contributed by atoms with Gasteiger partial charge < -0.3 is 10.2 Å². The molecular weight excluding hydrogens is 374 g/mol. The average Bonchev–Trinajstić information content (AvgIpc) is 2.77. The minimum absolute atomic E-state index is 0.219. The summed E-state index contributed by atoms with van der Waals surface area (Å²) in [5, 5.41) is 28.1. The van der Waals surface area contributed by atoms with E-state index in [0.717, 1.165) is 36.0 Å². The molecule has 3 aromatic rings. The van der Waals surface area contributed by atoms with Gasteiger partial charge in [-0.3, -0.25) is 0 Å². The molecule has 0 radical (unpaired) electrons. The van der Waals surface area contributed by atoms with E-state index in [9.17, 15) is 9.90 Å². The Bertz CT molecular complexity index is 1060. The summed E-state index contributed by atoms with van der Waals surface area (Å²) < 4.78 is 0. The highest BCUT2D eigenvalue weighted by Gasteiger charge is 2.09. The second-order valence-electron chi connectivity index (χ2n) is 7.23. The van der Waals surface area contributed by atoms with Crippen molar-refractivity contribution < 1.29 is 15.0 Å². The number of phenols is 1. The van der Waals surface area contributed by atoms with Crippen molar-refractivity contribution in [2.75, 3.05) is 0 Å². The quantitative estimate of drug-likeness (QED) is 0.528. The lowest BCUT2D eigenvalue weighted by Gasteiger charge is -2.14. The molecule has 2 N–H and O–H groups in total. The molecule has 0 fully saturated rings. The van der Waals surface area contributed by atoms with Gasteiger partial charge in [0.2, 0.25) is 0 Å². The molecule has 150 valence electrons. The summed E-state index contributed by atoms with van der Waals surface area (Å²) in [4.78, 5) is 11.0. The SMILES string of the molecule is N#Cc1ccc(CC(C=Cc2ccccc2O)CCc2ccc(C(=O)O)cc2)cc1. The van der Waals surface area contributed by atoms with E-state index < -0.39 is 5.97 Å². The number of aryl methyl sites for hydroxylation is 1. The van der Waals surface area contributed by atoms with Gasteiger partial charge in [-0.15, -0.1) is 0 Å². The van der Waals surface area contributed by atoms with Crippen molar-refractivity contribution in [2.45, 2.75) is 19.3 Å². The molecule has 0 bridgehead atoms. The molecule has 0 aliphatic rings. The zero-order chi connectivity index (χ0) is 21.3. The van der Waals surface area contributed by atoms with Gasteiger partial charge in [0.05, 0.1) is 17.2 Å². The van der Waals surface area contributed by atoms with Gasteiger partial charge in [-0.25, -0.2) is 4.79 Å². The fourth-order valence-electron chi connectivity index (χ4n) is 3.32. The van der Waals surface area contributed by atoms with Crippen molar-refractivity contribution in [1.82, 2.24) is 0 Å². The van der Waals surface area contributed by atoms with Gasteiger partial charge >= 0.3 is 5.97 Å². The predicted octanol–water partition coefficient (Wildman–Crippen LogP) is 5.47. The Morgan fingerprint density at radius 3 is 2.27 bits per heavy atom. The third kappa shape index (κ3) is 5.83. The Morgan fingerprint density at radius 1 is 0.967 bits per heavy atom. The van der Waals surface area contributed by atoms with E-state index >= 15 is 0 Å². The first-order valence-electron chi connectivity index (χ1n) is 9.82. The Balaban J connectivity index is 1.74. The van der Waals surface area contributed by atoms with Crippen molar-refractivity contribution in [3.63, 3.8) is 0 Å². The number of hydrogen-bond acceptors (Lipinski definition) is 3. The van der Waals surface area contributed by atoms with Gasteiger partial charge in [0.25, 0.3) is 0 Å². The number of carboxylic acids is 1. The first kappa shape index (κ1) is 20.9. The van der Waals surface area contributed by atoms with E-state index in [-0.39, 0.29) is 17.2 Å². The summed E-state index contributed by atoms with van der Waals surface area (Å²) in [6, 6.07) is 23.9. The maximum absolute atomic E-state index is 11.0. The molecule has 0 spiro atoms. The van der Waals surface area contributed by atoms with Crippen LogP contribution in [-0.2, 0) is 12.8 Å². The number of carbonyl (C=O) groups is 1. The number of para-hydroxylation sites is 1. The summed E-state index contributed by atoms with van der Waals surface area (Å²) in [5.74, 6) is -0.460. The fraction of sp³-hybridized carbons (Fsp3) is 0.154. The van der Waals surface area contributed by atoms with E-state index in [1.807, 2.05) is 54.6 Å². The number of phenolic OH excluding ortho intramolecular Hbond substituents is 1. The van der Waals surface area contributed by atoms with Gasteiger partial charge in [-0.2, -0.15) is 5.26 Å². The Labute approximate surface area is 176 Å². The molecule has 0 aliphatic heterocycles. The number of benzene rings is 3. The maximum atomic E-state index is 11.0. The molecule has 0 amide bonds. The second-order valence-corrected chi connectivity index (χ2v) is 7.23. The van der Waals surface area contributed by atoms with E-state index in [1.54, 1.807) is 24.3 Å². The van der Waals surface area contributed by atoms with Gasteiger partial charge in [0, 0.05) is 5.56 Å². The van der Waals surface area contributed by atoms with E-state index in [1.165, 1.54) is 0 Å². The minimum atomic E-state index is -0.925. The lowest BCUT2D eigenvalue weighted by molar-refractivity contribution is 0.0697. The van der Waals surface area contributed by atoms with E-state index in [4.69, 9.17) is 10.4 Å². The molecule has 3 aromatic carbocycles. The highest BCUT2D eigenvalue weighted by molar-refractivity contribution is 5.87. The first-order valence-corrected chi connectivity index (χ1v) is 9.82. The number of allylic oxidation sites excluding steroid dienone is 1. The van der Waals surface area contributed by atoms with Crippen LogP contribution in [0.4, 0.5) is 0 Å². The molecule has 1 unspecified atom stereocenters. The largest absolute Gasteiger partial charge is 0.507 e. The smallest absolute Gasteiger partial charge is 0.335 e. The van der Waals surface area contributed by atoms with Crippen LogP contribution in [0.2, 0.25) is 0 Å². The standard InChI is InChI=1S/C26H23NO3/c27-18-22-9-7-20(8-10-22)17-21(13-14-23-3-1-2-4-25(23)28)6-5-19-11-15-24(16-12-19)26(29)30/h1-4,7-16,21,28H,5-6,17H2,(H,29,30). The van der Waals surface area contributed by atoms with Crippen molar-refractivity contribution in [3.05, 3.63) is 107 Å². The molecule has 0 aliphatic carbocycles. The highest BCUT2D eigenvalue weighted by Crippen LogP contribution is 2.22. The van der Waals surface area contributed by atoms with Crippen molar-refractivity contribution in [2.24, 2.45) is 5.92 Å². The van der Waals surface area contributed by atoms with Gasteiger partial charge in [0.15, 0.2) is 0 Å². The van der Waals surface area contributed by atoms with Crippen LogP contribution in [0.15, 0.2) is 78.9 Å². The molecule has 0 saturated carbocycles. The van der Waals surface area contributed by atoms with Crippen molar-refractivity contribution in [3.8, 4) is 11.8 Å². The maximum Gasteiger partial charge on any atom is 0.335 e. The van der Waals surface area contributed by atoms with Crippen LogP contribution in [0, 0.1) is 17.2 Å². The summed E-state index contributed by atoms with van der Waals surface area (Å²) >= 11 is 0. The zero-order valence-electron chi connectivity index (χ0n) is 16.5. The highest BCUT2D eigenvalue weighted by atomic mass is 16.4. The summed E-state index contributed by atoms with van der Waals surface area (Å²) in [6.45, 7) is 0. The Morgan fingerprint density at radius 2 is 1.63 bits per heavy atom. The molecule has 1 atom stereocenters.